The molecule has 8 nitrogen and oxygen atoms in total. The Labute approximate surface area is 208 Å². The van der Waals surface area contributed by atoms with Gasteiger partial charge in [-0.3, -0.25) is 14.6 Å². The first-order chi connectivity index (χ1) is 17.0. The Hall–Kier alpha value is -2.66. The van der Waals surface area contributed by atoms with E-state index in [1.807, 2.05) is 0 Å². The number of benzene rings is 1. The number of morpholine rings is 1. The van der Waals surface area contributed by atoms with Crippen molar-refractivity contribution in [2.45, 2.75) is 20.4 Å². The molecule has 2 fully saturated rings. The van der Waals surface area contributed by atoms with Gasteiger partial charge in [-0.05, 0) is 37.6 Å². The summed E-state index contributed by atoms with van der Waals surface area (Å²) in [5, 5.41) is 3.94. The van der Waals surface area contributed by atoms with Crippen LogP contribution in [0.4, 0.5) is 15.9 Å². The molecule has 0 atom stereocenters. The number of nitrogens with zero attached hydrogens (tertiary/aromatic N) is 5. The predicted octanol–water partition coefficient (Wildman–Crippen LogP) is 3.04. The third-order valence-corrected chi connectivity index (χ3v) is 7.77. The SMILES string of the molecule is Cc1sc2nc(CN3CCOCC3)nc(N3CCN(CC(=O)Nc4cccc(F)c4)CC3)c2c1C. The molecule has 0 unspecified atom stereocenters. The minimum atomic E-state index is -0.362. The van der Waals surface area contributed by atoms with Crippen LogP contribution in [0.5, 0.6) is 0 Å². The van der Waals surface area contributed by atoms with Crippen LogP contribution in [0, 0.1) is 19.7 Å². The number of aryl methyl sites for hydroxylation is 2. The van der Waals surface area contributed by atoms with Crippen LogP contribution in [0.3, 0.4) is 0 Å². The summed E-state index contributed by atoms with van der Waals surface area (Å²) in [5.74, 6) is 1.36. The van der Waals surface area contributed by atoms with Gasteiger partial charge in [0.2, 0.25) is 5.91 Å². The highest BCUT2D eigenvalue weighted by Gasteiger charge is 2.25. The van der Waals surface area contributed by atoms with E-state index < -0.39 is 0 Å². The third kappa shape index (κ3) is 5.61. The number of aromatic nitrogens is 2. The largest absolute Gasteiger partial charge is 0.379 e. The fraction of sp³-hybridized carbons (Fsp3) is 0.480. The first kappa shape index (κ1) is 24.1. The van der Waals surface area contributed by atoms with E-state index in [4.69, 9.17) is 14.7 Å². The number of hydrogen-bond donors (Lipinski definition) is 1. The van der Waals surface area contributed by atoms with E-state index in [2.05, 4.69) is 33.9 Å². The van der Waals surface area contributed by atoms with Crippen LogP contribution in [0.15, 0.2) is 24.3 Å². The lowest BCUT2D eigenvalue weighted by Gasteiger charge is -2.35. The van der Waals surface area contributed by atoms with E-state index in [1.54, 1.807) is 23.5 Å². The van der Waals surface area contributed by atoms with Gasteiger partial charge < -0.3 is 15.0 Å². The minimum Gasteiger partial charge on any atom is -0.379 e. The van der Waals surface area contributed by atoms with Gasteiger partial charge in [-0.25, -0.2) is 14.4 Å². The number of amides is 1. The number of hydrogen-bond acceptors (Lipinski definition) is 8. The van der Waals surface area contributed by atoms with Crippen molar-refractivity contribution in [2.75, 3.05) is 69.2 Å². The van der Waals surface area contributed by atoms with Gasteiger partial charge in [0.1, 0.15) is 22.3 Å². The molecule has 0 spiro atoms. The highest BCUT2D eigenvalue weighted by atomic mass is 32.1. The summed E-state index contributed by atoms with van der Waals surface area (Å²) in [6.07, 6.45) is 0. The zero-order valence-corrected chi connectivity index (χ0v) is 21.0. The highest BCUT2D eigenvalue weighted by molar-refractivity contribution is 7.18. The number of carbonyl (C=O) groups excluding carboxylic acids is 1. The second-order valence-corrected chi connectivity index (χ2v) is 10.3. The van der Waals surface area contributed by atoms with Crippen LogP contribution in [0.2, 0.25) is 0 Å². The van der Waals surface area contributed by atoms with E-state index in [-0.39, 0.29) is 18.3 Å². The molecule has 2 aromatic heterocycles. The number of carbonyl (C=O) groups is 1. The second kappa shape index (κ2) is 10.5. The van der Waals surface area contributed by atoms with E-state index in [9.17, 15) is 9.18 Å². The Balaban J connectivity index is 1.27. The maximum absolute atomic E-state index is 13.4. The van der Waals surface area contributed by atoms with E-state index in [0.717, 1.165) is 80.9 Å². The molecule has 5 rings (SSSR count). The second-order valence-electron chi connectivity index (χ2n) is 9.14. The number of fused-ring (bicyclic) bond motifs is 1. The lowest BCUT2D eigenvalue weighted by molar-refractivity contribution is -0.117. The lowest BCUT2D eigenvalue weighted by Crippen LogP contribution is -2.49. The van der Waals surface area contributed by atoms with Crippen molar-refractivity contribution in [3.63, 3.8) is 0 Å². The Bertz CT molecular complexity index is 1200. The van der Waals surface area contributed by atoms with Crippen molar-refractivity contribution in [1.29, 1.82) is 0 Å². The van der Waals surface area contributed by atoms with E-state index in [1.165, 1.54) is 22.6 Å². The molecule has 0 saturated carbocycles. The monoisotopic (exact) mass is 498 g/mol. The third-order valence-electron chi connectivity index (χ3n) is 6.67. The molecule has 10 heteroatoms. The van der Waals surface area contributed by atoms with Gasteiger partial charge in [-0.2, -0.15) is 0 Å². The molecule has 4 heterocycles. The van der Waals surface area contributed by atoms with E-state index in [0.29, 0.717) is 5.69 Å². The van der Waals surface area contributed by atoms with Crippen LogP contribution in [-0.4, -0.2) is 84.7 Å². The summed E-state index contributed by atoms with van der Waals surface area (Å²) >= 11 is 1.73. The number of halogens is 1. The van der Waals surface area contributed by atoms with Crippen molar-refractivity contribution in [2.24, 2.45) is 0 Å². The van der Waals surface area contributed by atoms with Crippen molar-refractivity contribution >= 4 is 39.0 Å². The number of piperazine rings is 1. The number of anilines is 2. The number of nitrogens with one attached hydrogen (secondary N) is 1. The summed E-state index contributed by atoms with van der Waals surface area (Å²) in [6, 6.07) is 5.98. The number of thiophene rings is 1. The van der Waals surface area contributed by atoms with Gasteiger partial charge in [0.15, 0.2) is 0 Å². The number of rotatable bonds is 6. The molecule has 1 N–H and O–H groups in total. The molecule has 3 aromatic rings. The topological polar surface area (TPSA) is 73.8 Å². The molecule has 1 aromatic carbocycles. The summed E-state index contributed by atoms with van der Waals surface area (Å²) < 4.78 is 18.9. The zero-order chi connectivity index (χ0) is 24.4. The summed E-state index contributed by atoms with van der Waals surface area (Å²) in [6.45, 7) is 11.7. The van der Waals surface area contributed by atoms with Crippen molar-refractivity contribution in [3.05, 3.63) is 46.3 Å². The Kier molecular flexibility index (Phi) is 7.24. The maximum Gasteiger partial charge on any atom is 0.238 e. The zero-order valence-electron chi connectivity index (χ0n) is 20.2. The smallest absolute Gasteiger partial charge is 0.238 e. The molecule has 0 aliphatic carbocycles. The van der Waals surface area contributed by atoms with Gasteiger partial charge >= 0.3 is 0 Å². The Morgan fingerprint density at radius 1 is 1.09 bits per heavy atom. The lowest BCUT2D eigenvalue weighted by atomic mass is 10.2. The average molecular weight is 499 g/mol. The molecular weight excluding hydrogens is 467 g/mol. The van der Waals surface area contributed by atoms with Gasteiger partial charge in [-0.1, -0.05) is 6.07 Å². The normalized spacial score (nSPS) is 17.7. The molecular formula is C25H31FN6O2S. The van der Waals surface area contributed by atoms with Crippen molar-refractivity contribution in [1.82, 2.24) is 19.8 Å². The van der Waals surface area contributed by atoms with Gasteiger partial charge in [-0.15, -0.1) is 11.3 Å². The molecule has 0 radical (unpaired) electrons. The molecule has 2 saturated heterocycles. The van der Waals surface area contributed by atoms with Crippen molar-refractivity contribution < 1.29 is 13.9 Å². The van der Waals surface area contributed by atoms with Gasteiger partial charge in [0, 0.05) is 49.8 Å². The molecule has 35 heavy (non-hydrogen) atoms. The van der Waals surface area contributed by atoms with Gasteiger partial charge in [0.05, 0.1) is 31.7 Å². The maximum atomic E-state index is 13.4. The predicted molar refractivity (Wildman–Crippen MR) is 137 cm³/mol. The average Bonchev–Trinajstić information content (AvgIpc) is 3.13. The fourth-order valence-electron chi connectivity index (χ4n) is 4.62. The number of ether oxygens (including phenoxy) is 1. The van der Waals surface area contributed by atoms with Crippen LogP contribution in [0.25, 0.3) is 10.2 Å². The molecule has 2 aliphatic heterocycles. The van der Waals surface area contributed by atoms with Crippen LogP contribution in [-0.2, 0) is 16.1 Å². The Morgan fingerprint density at radius 2 is 1.86 bits per heavy atom. The molecule has 186 valence electrons. The molecule has 0 bridgehead atoms. The van der Waals surface area contributed by atoms with Crippen LogP contribution < -0.4 is 10.2 Å². The van der Waals surface area contributed by atoms with Crippen molar-refractivity contribution in [3.8, 4) is 0 Å². The molecule has 2 aliphatic rings. The fourth-order valence-corrected chi connectivity index (χ4v) is 5.66. The summed E-state index contributed by atoms with van der Waals surface area (Å²) in [4.78, 5) is 31.6. The first-order valence-electron chi connectivity index (χ1n) is 12.1. The minimum absolute atomic E-state index is 0.134. The summed E-state index contributed by atoms with van der Waals surface area (Å²) in [7, 11) is 0. The van der Waals surface area contributed by atoms with Crippen LogP contribution >= 0.6 is 11.3 Å². The standard InChI is InChI=1S/C25H31FN6O2S/c1-17-18(2)35-25-23(17)24(28-21(29-25)15-31-10-12-34-13-11-31)32-8-6-30(7-9-32)16-22(33)27-20-5-3-4-19(26)14-20/h3-5,14H,6-13,15-16H2,1-2H3,(H,27,33). The van der Waals surface area contributed by atoms with E-state index >= 15 is 0 Å². The Morgan fingerprint density at radius 3 is 2.60 bits per heavy atom. The quantitative estimate of drug-likeness (QED) is 0.560. The molecule has 1 amide bonds. The van der Waals surface area contributed by atoms with Crippen LogP contribution in [0.1, 0.15) is 16.3 Å². The first-order valence-corrected chi connectivity index (χ1v) is 12.9. The van der Waals surface area contributed by atoms with Gasteiger partial charge in [0.25, 0.3) is 0 Å². The summed E-state index contributed by atoms with van der Waals surface area (Å²) in [5.41, 5.74) is 1.72. The highest BCUT2D eigenvalue weighted by Crippen LogP contribution is 2.35.